The van der Waals surface area contributed by atoms with Crippen molar-refractivity contribution in [2.24, 2.45) is 5.73 Å². The van der Waals surface area contributed by atoms with Crippen molar-refractivity contribution in [2.75, 3.05) is 20.8 Å². The summed E-state index contributed by atoms with van der Waals surface area (Å²) < 4.78 is 10.4. The average molecular weight is 276 g/mol. The molecular weight excluding hydrogens is 258 g/mol. The van der Waals surface area contributed by atoms with Gasteiger partial charge in [-0.05, 0) is 30.2 Å². The maximum Gasteiger partial charge on any atom is 0.160 e. The van der Waals surface area contributed by atoms with Gasteiger partial charge < -0.3 is 15.2 Å². The molecule has 0 aliphatic heterocycles. The quantitative estimate of drug-likeness (QED) is 0.918. The lowest BCUT2D eigenvalue weighted by Crippen LogP contribution is -2.08. The summed E-state index contributed by atoms with van der Waals surface area (Å²) in [5, 5.41) is 0. The number of methoxy groups -OCH3 is 2. The van der Waals surface area contributed by atoms with Gasteiger partial charge in [-0.2, -0.15) is 0 Å². The van der Waals surface area contributed by atoms with Crippen molar-refractivity contribution in [1.29, 1.82) is 0 Å². The first-order valence-corrected chi connectivity index (χ1v) is 4.65. The first kappa shape index (κ1) is 14.3. The molecule has 0 bridgehead atoms. The van der Waals surface area contributed by atoms with Crippen LogP contribution in [0.3, 0.4) is 0 Å². The van der Waals surface area contributed by atoms with Crippen molar-refractivity contribution < 1.29 is 9.47 Å². The first-order chi connectivity index (χ1) is 6.72. The van der Waals surface area contributed by atoms with Crippen molar-refractivity contribution in [3.63, 3.8) is 0 Å². The van der Waals surface area contributed by atoms with E-state index < -0.39 is 0 Å². The van der Waals surface area contributed by atoms with Crippen LogP contribution in [0, 0.1) is 0 Å². The summed E-state index contributed by atoms with van der Waals surface area (Å²) >= 11 is 0. The van der Waals surface area contributed by atoms with Gasteiger partial charge in [-0.15, -0.1) is 17.0 Å². The van der Waals surface area contributed by atoms with E-state index in [0.717, 1.165) is 11.5 Å². The standard InChI is InChI=1S/C11H17NO2.BrH/c1-8(7-12)9-4-5-10(13-2)11(6-9)14-3;/h4-6,8H,7,12H2,1-3H3;1H/t8-;/m0./s1. The Balaban J connectivity index is 0.00000196. The predicted octanol–water partition coefficient (Wildman–Crippen LogP) is 2.34. The number of halogens is 1. The van der Waals surface area contributed by atoms with Crippen LogP contribution in [0.25, 0.3) is 0 Å². The number of hydrogen-bond donors (Lipinski definition) is 1. The first-order valence-electron chi connectivity index (χ1n) is 4.65. The summed E-state index contributed by atoms with van der Waals surface area (Å²) in [6, 6.07) is 5.88. The highest BCUT2D eigenvalue weighted by Gasteiger charge is 2.08. The Labute approximate surface area is 101 Å². The smallest absolute Gasteiger partial charge is 0.160 e. The predicted molar refractivity (Wildman–Crippen MR) is 67.3 cm³/mol. The van der Waals surface area contributed by atoms with Crippen molar-refractivity contribution in [3.8, 4) is 11.5 Å². The molecule has 1 aromatic rings. The molecule has 1 aromatic carbocycles. The molecule has 0 heterocycles. The van der Waals surface area contributed by atoms with Crippen LogP contribution in [0.5, 0.6) is 11.5 Å². The van der Waals surface area contributed by atoms with E-state index in [4.69, 9.17) is 15.2 Å². The third kappa shape index (κ3) is 3.39. The minimum absolute atomic E-state index is 0. The van der Waals surface area contributed by atoms with E-state index in [-0.39, 0.29) is 17.0 Å². The number of ether oxygens (including phenoxy) is 2. The van der Waals surface area contributed by atoms with Gasteiger partial charge in [-0.1, -0.05) is 13.0 Å². The summed E-state index contributed by atoms with van der Waals surface area (Å²) in [6.07, 6.45) is 0. The Hall–Kier alpha value is -0.740. The van der Waals surface area contributed by atoms with Crippen molar-refractivity contribution >= 4 is 17.0 Å². The van der Waals surface area contributed by atoms with Crippen LogP contribution in [0.2, 0.25) is 0 Å². The maximum atomic E-state index is 5.59. The minimum atomic E-state index is 0. The van der Waals surface area contributed by atoms with E-state index in [1.807, 2.05) is 18.2 Å². The second-order valence-electron chi connectivity index (χ2n) is 3.25. The molecule has 0 aliphatic rings. The van der Waals surface area contributed by atoms with Gasteiger partial charge >= 0.3 is 0 Å². The molecule has 0 saturated heterocycles. The zero-order valence-corrected chi connectivity index (χ0v) is 11.0. The number of rotatable bonds is 4. The molecule has 0 fully saturated rings. The average Bonchev–Trinajstić information content (AvgIpc) is 2.26. The Morgan fingerprint density at radius 1 is 1.20 bits per heavy atom. The van der Waals surface area contributed by atoms with Gasteiger partial charge in [0.05, 0.1) is 14.2 Å². The lowest BCUT2D eigenvalue weighted by molar-refractivity contribution is 0.354. The zero-order chi connectivity index (χ0) is 10.6. The second-order valence-corrected chi connectivity index (χ2v) is 3.25. The molecule has 4 heteroatoms. The van der Waals surface area contributed by atoms with E-state index >= 15 is 0 Å². The number of nitrogens with two attached hydrogens (primary N) is 1. The molecule has 1 atom stereocenters. The summed E-state index contributed by atoms with van der Waals surface area (Å²) in [6.45, 7) is 2.72. The molecule has 15 heavy (non-hydrogen) atoms. The number of hydrogen-bond acceptors (Lipinski definition) is 3. The molecule has 0 spiro atoms. The largest absolute Gasteiger partial charge is 0.493 e. The fraction of sp³-hybridized carbons (Fsp3) is 0.455. The maximum absolute atomic E-state index is 5.59. The summed E-state index contributed by atoms with van der Waals surface area (Å²) in [5.74, 6) is 1.85. The molecule has 0 radical (unpaired) electrons. The molecule has 0 saturated carbocycles. The van der Waals surface area contributed by atoms with Gasteiger partial charge in [0.2, 0.25) is 0 Å². The van der Waals surface area contributed by atoms with E-state index in [2.05, 4.69) is 6.92 Å². The highest BCUT2D eigenvalue weighted by molar-refractivity contribution is 8.93. The molecule has 0 unspecified atom stereocenters. The van der Waals surface area contributed by atoms with Gasteiger partial charge in [-0.25, -0.2) is 0 Å². The lowest BCUT2D eigenvalue weighted by atomic mass is 10.0. The fourth-order valence-corrected chi connectivity index (χ4v) is 1.30. The second kappa shape index (κ2) is 6.69. The van der Waals surface area contributed by atoms with E-state index in [9.17, 15) is 0 Å². The van der Waals surface area contributed by atoms with Crippen LogP contribution in [0.4, 0.5) is 0 Å². The van der Waals surface area contributed by atoms with Crippen molar-refractivity contribution in [1.82, 2.24) is 0 Å². The third-order valence-corrected chi connectivity index (χ3v) is 2.33. The monoisotopic (exact) mass is 275 g/mol. The van der Waals surface area contributed by atoms with E-state index in [1.54, 1.807) is 14.2 Å². The normalized spacial score (nSPS) is 11.5. The molecule has 2 N–H and O–H groups in total. The Bertz CT molecular complexity index is 305. The van der Waals surface area contributed by atoms with Crippen LogP contribution >= 0.6 is 17.0 Å². The van der Waals surface area contributed by atoms with Gasteiger partial charge in [-0.3, -0.25) is 0 Å². The zero-order valence-electron chi connectivity index (χ0n) is 9.32. The summed E-state index contributed by atoms with van der Waals surface area (Å²) in [5.41, 5.74) is 6.77. The molecule has 0 aromatic heterocycles. The SMILES string of the molecule is Br.COc1ccc([C@@H](C)CN)cc1OC. The third-order valence-electron chi connectivity index (χ3n) is 2.33. The number of benzene rings is 1. The Morgan fingerprint density at radius 2 is 1.80 bits per heavy atom. The van der Waals surface area contributed by atoms with E-state index in [1.165, 1.54) is 5.56 Å². The van der Waals surface area contributed by atoms with Crippen LogP contribution in [0.15, 0.2) is 18.2 Å². The molecule has 1 rings (SSSR count). The van der Waals surface area contributed by atoms with Gasteiger partial charge in [0.25, 0.3) is 0 Å². The van der Waals surface area contributed by atoms with Gasteiger partial charge in [0.1, 0.15) is 0 Å². The lowest BCUT2D eigenvalue weighted by Gasteiger charge is -2.12. The van der Waals surface area contributed by atoms with Crippen LogP contribution < -0.4 is 15.2 Å². The topological polar surface area (TPSA) is 44.5 Å². The Kier molecular flexibility index (Phi) is 6.36. The Morgan fingerprint density at radius 3 is 2.27 bits per heavy atom. The van der Waals surface area contributed by atoms with Crippen molar-refractivity contribution in [2.45, 2.75) is 12.8 Å². The van der Waals surface area contributed by atoms with Crippen LogP contribution in [0.1, 0.15) is 18.4 Å². The summed E-state index contributed by atoms with van der Waals surface area (Å²) in [7, 11) is 3.26. The fourth-order valence-electron chi connectivity index (χ4n) is 1.30. The molecule has 0 aliphatic carbocycles. The van der Waals surface area contributed by atoms with Gasteiger partial charge in [0, 0.05) is 0 Å². The molecule has 0 amide bonds. The molecule has 3 nitrogen and oxygen atoms in total. The highest BCUT2D eigenvalue weighted by Crippen LogP contribution is 2.30. The van der Waals surface area contributed by atoms with E-state index in [0.29, 0.717) is 12.5 Å². The van der Waals surface area contributed by atoms with Crippen LogP contribution in [-0.4, -0.2) is 20.8 Å². The van der Waals surface area contributed by atoms with Crippen molar-refractivity contribution in [3.05, 3.63) is 23.8 Å². The highest BCUT2D eigenvalue weighted by atomic mass is 79.9. The summed E-state index contributed by atoms with van der Waals surface area (Å²) in [4.78, 5) is 0. The molecule has 86 valence electrons. The van der Waals surface area contributed by atoms with Crippen LogP contribution in [-0.2, 0) is 0 Å². The van der Waals surface area contributed by atoms with Gasteiger partial charge in [0.15, 0.2) is 11.5 Å². The minimum Gasteiger partial charge on any atom is -0.493 e. The molecular formula is C11H18BrNO2.